The molecule has 0 fully saturated rings. The molecule has 0 N–H and O–H groups in total. The summed E-state index contributed by atoms with van der Waals surface area (Å²) < 4.78 is 2.69. The topological polar surface area (TPSA) is 25.8 Å². The van der Waals surface area contributed by atoms with E-state index in [4.69, 9.17) is 9.97 Å². The van der Waals surface area contributed by atoms with Gasteiger partial charge in [0.1, 0.15) is 0 Å². The normalized spacial score (nSPS) is 11.8. The van der Waals surface area contributed by atoms with Crippen LogP contribution in [0.3, 0.4) is 0 Å². The van der Waals surface area contributed by atoms with E-state index in [9.17, 15) is 0 Å². The number of benzene rings is 7. The van der Waals surface area contributed by atoms with Crippen LogP contribution < -0.4 is 0 Å². The number of aromatic nitrogens is 2. The zero-order chi connectivity index (χ0) is 30.9. The van der Waals surface area contributed by atoms with E-state index < -0.39 is 0 Å². The summed E-state index contributed by atoms with van der Waals surface area (Å²) in [5, 5.41) is 7.31. The van der Waals surface area contributed by atoms with Crippen molar-refractivity contribution in [1.29, 1.82) is 0 Å². The molecule has 2 nitrogen and oxygen atoms in total. The predicted octanol–water partition coefficient (Wildman–Crippen LogP) is 12.2. The summed E-state index contributed by atoms with van der Waals surface area (Å²) >= 11 is 1.92. The fraction of sp³-hybridized carbons (Fsp3) is 0.0698. The van der Waals surface area contributed by atoms with Crippen LogP contribution in [0.25, 0.3) is 86.1 Å². The molecule has 46 heavy (non-hydrogen) atoms. The lowest BCUT2D eigenvalue weighted by molar-refractivity contribution is 1.31. The van der Waals surface area contributed by atoms with Gasteiger partial charge in [-0.2, -0.15) is 0 Å². The Bertz CT molecular complexity index is 2620. The van der Waals surface area contributed by atoms with Crippen LogP contribution in [0.15, 0.2) is 128 Å². The van der Waals surface area contributed by atoms with E-state index in [0.29, 0.717) is 0 Å². The number of hydrogen-bond acceptors (Lipinski definition) is 3. The van der Waals surface area contributed by atoms with Crippen LogP contribution in [-0.4, -0.2) is 9.97 Å². The Labute approximate surface area is 271 Å². The number of hydrogen-bond donors (Lipinski definition) is 0. The standard InChI is InChI=1S/C43H30N2S/c1-25-21-26(2)39(27(3)22-25)37-16-8-15-36-35-14-7-13-31(42(35)46-43(36)37)30-10-6-9-28(23-30)29-17-18-34-38(24-29)32-11-4-5-12-33(32)40-41(34)45-20-19-44-40/h4-24H,1-3H3. The van der Waals surface area contributed by atoms with Crippen LogP contribution in [0.2, 0.25) is 0 Å². The van der Waals surface area contributed by atoms with E-state index in [-0.39, 0.29) is 0 Å². The summed E-state index contributed by atoms with van der Waals surface area (Å²) in [6.07, 6.45) is 3.57. The summed E-state index contributed by atoms with van der Waals surface area (Å²) in [5.41, 5.74) is 13.5. The molecule has 0 spiro atoms. The van der Waals surface area contributed by atoms with Crippen LogP contribution in [-0.2, 0) is 0 Å². The summed E-state index contributed by atoms with van der Waals surface area (Å²) in [7, 11) is 0. The largest absolute Gasteiger partial charge is 0.252 e. The summed E-state index contributed by atoms with van der Waals surface area (Å²) in [6.45, 7) is 6.66. The van der Waals surface area contributed by atoms with Gasteiger partial charge in [0.15, 0.2) is 0 Å². The lowest BCUT2D eigenvalue weighted by Gasteiger charge is -2.12. The first kappa shape index (κ1) is 27.0. The molecule has 0 amide bonds. The fourth-order valence-electron chi connectivity index (χ4n) is 7.53. The first-order chi connectivity index (χ1) is 22.5. The van der Waals surface area contributed by atoms with Crippen LogP contribution in [0.5, 0.6) is 0 Å². The summed E-state index contributed by atoms with van der Waals surface area (Å²) in [4.78, 5) is 9.44. The molecule has 0 bridgehead atoms. The summed E-state index contributed by atoms with van der Waals surface area (Å²) in [5.74, 6) is 0. The zero-order valence-corrected chi connectivity index (χ0v) is 26.7. The molecule has 0 saturated heterocycles. The van der Waals surface area contributed by atoms with Gasteiger partial charge in [0.05, 0.1) is 11.0 Å². The van der Waals surface area contributed by atoms with E-state index in [1.54, 1.807) is 12.4 Å². The van der Waals surface area contributed by atoms with Crippen LogP contribution >= 0.6 is 11.3 Å². The minimum Gasteiger partial charge on any atom is -0.252 e. The average Bonchev–Trinajstić information content (AvgIpc) is 3.48. The van der Waals surface area contributed by atoms with Crippen molar-refractivity contribution < 1.29 is 0 Å². The fourth-order valence-corrected chi connectivity index (χ4v) is 8.88. The van der Waals surface area contributed by atoms with Crippen molar-refractivity contribution in [3.63, 3.8) is 0 Å². The molecular formula is C43H30N2S. The minimum absolute atomic E-state index is 0.948. The molecule has 2 heterocycles. The molecule has 0 radical (unpaired) electrons. The lowest BCUT2D eigenvalue weighted by atomic mass is 9.92. The maximum absolute atomic E-state index is 4.74. The highest BCUT2D eigenvalue weighted by atomic mass is 32.1. The van der Waals surface area contributed by atoms with E-state index >= 15 is 0 Å². The Morgan fingerprint density at radius 2 is 1.00 bits per heavy atom. The molecule has 3 heteroatoms. The van der Waals surface area contributed by atoms with Gasteiger partial charge in [-0.1, -0.05) is 109 Å². The molecule has 0 saturated carbocycles. The Balaban J connectivity index is 1.22. The Morgan fingerprint density at radius 3 is 1.74 bits per heavy atom. The van der Waals surface area contributed by atoms with Crippen LogP contribution in [0, 0.1) is 20.8 Å². The molecule has 0 aliphatic heterocycles. The molecule has 9 rings (SSSR count). The smallest absolute Gasteiger partial charge is 0.0971 e. The van der Waals surface area contributed by atoms with Crippen LogP contribution in [0.4, 0.5) is 0 Å². The highest BCUT2D eigenvalue weighted by molar-refractivity contribution is 7.26. The quantitative estimate of drug-likeness (QED) is 0.187. The highest BCUT2D eigenvalue weighted by Crippen LogP contribution is 2.45. The van der Waals surface area contributed by atoms with Crippen molar-refractivity contribution in [2.45, 2.75) is 20.8 Å². The molecule has 0 aliphatic rings. The van der Waals surface area contributed by atoms with Gasteiger partial charge in [-0.15, -0.1) is 11.3 Å². The Morgan fingerprint density at radius 1 is 0.435 bits per heavy atom. The first-order valence-electron chi connectivity index (χ1n) is 15.7. The summed E-state index contributed by atoms with van der Waals surface area (Å²) in [6, 6.07) is 42.5. The van der Waals surface area contributed by atoms with Gasteiger partial charge in [-0.3, -0.25) is 9.97 Å². The molecule has 0 aliphatic carbocycles. The number of nitrogens with zero attached hydrogens (tertiary/aromatic N) is 2. The minimum atomic E-state index is 0.948. The third-order valence-electron chi connectivity index (χ3n) is 9.42. The van der Waals surface area contributed by atoms with Gasteiger partial charge in [-0.05, 0) is 82.6 Å². The molecular weight excluding hydrogens is 577 g/mol. The van der Waals surface area contributed by atoms with Gasteiger partial charge in [0, 0.05) is 48.9 Å². The highest BCUT2D eigenvalue weighted by Gasteiger charge is 2.17. The second-order valence-electron chi connectivity index (χ2n) is 12.4. The average molecular weight is 607 g/mol. The maximum atomic E-state index is 4.74. The van der Waals surface area contributed by atoms with E-state index in [1.165, 1.54) is 81.0 Å². The second kappa shape index (κ2) is 10.3. The molecule has 2 aromatic heterocycles. The van der Waals surface area contributed by atoms with Crippen molar-refractivity contribution in [1.82, 2.24) is 9.97 Å². The maximum Gasteiger partial charge on any atom is 0.0971 e. The third kappa shape index (κ3) is 4.09. The van der Waals surface area contributed by atoms with E-state index in [0.717, 1.165) is 21.8 Å². The number of aryl methyl sites for hydroxylation is 3. The van der Waals surface area contributed by atoms with Gasteiger partial charge in [-0.25, -0.2) is 0 Å². The van der Waals surface area contributed by atoms with Crippen LogP contribution in [0.1, 0.15) is 16.7 Å². The second-order valence-corrected chi connectivity index (χ2v) is 13.4. The number of rotatable bonds is 3. The third-order valence-corrected chi connectivity index (χ3v) is 10.7. The molecule has 9 aromatic rings. The van der Waals surface area contributed by atoms with Crippen molar-refractivity contribution in [3.05, 3.63) is 144 Å². The number of thiophene rings is 1. The number of fused-ring (bicyclic) bond motifs is 9. The van der Waals surface area contributed by atoms with E-state index in [2.05, 4.69) is 136 Å². The van der Waals surface area contributed by atoms with Crippen molar-refractivity contribution in [2.24, 2.45) is 0 Å². The Kier molecular flexibility index (Phi) is 6.06. The predicted molar refractivity (Wildman–Crippen MR) is 198 cm³/mol. The van der Waals surface area contributed by atoms with Gasteiger partial charge >= 0.3 is 0 Å². The van der Waals surface area contributed by atoms with Gasteiger partial charge in [0.2, 0.25) is 0 Å². The molecule has 7 aromatic carbocycles. The van der Waals surface area contributed by atoms with E-state index in [1.807, 2.05) is 11.3 Å². The van der Waals surface area contributed by atoms with Crippen molar-refractivity contribution in [2.75, 3.05) is 0 Å². The van der Waals surface area contributed by atoms with Crippen molar-refractivity contribution in [3.8, 4) is 33.4 Å². The zero-order valence-electron chi connectivity index (χ0n) is 25.9. The van der Waals surface area contributed by atoms with Gasteiger partial charge in [0.25, 0.3) is 0 Å². The first-order valence-corrected chi connectivity index (χ1v) is 16.6. The molecule has 218 valence electrons. The molecule has 0 atom stereocenters. The van der Waals surface area contributed by atoms with Gasteiger partial charge < -0.3 is 0 Å². The Hall–Kier alpha value is -5.38. The molecule has 0 unspecified atom stereocenters. The lowest BCUT2D eigenvalue weighted by Crippen LogP contribution is -1.90. The SMILES string of the molecule is Cc1cc(C)c(-c2cccc3c2sc2c(-c4cccc(-c5ccc6c(c5)c5ccccc5c5nccnc65)c4)cccc23)c(C)c1. The van der Waals surface area contributed by atoms with Crippen molar-refractivity contribution >= 4 is 64.1 Å². The monoisotopic (exact) mass is 606 g/mol.